The third-order valence-electron chi connectivity index (χ3n) is 1.38. The molecule has 1 fully saturated rings. The average molecular weight is 99.9 g/mol. The van der Waals surface area contributed by atoms with Gasteiger partial charge in [0, 0.05) is 6.10 Å². The highest BCUT2D eigenvalue weighted by atomic mass is 16.3. The SMILES string of the molecule is OB1CCC(O)C1. The van der Waals surface area contributed by atoms with Crippen molar-refractivity contribution >= 4 is 6.92 Å². The first kappa shape index (κ1) is 5.13. The smallest absolute Gasteiger partial charge is 0.291 e. The van der Waals surface area contributed by atoms with Gasteiger partial charge in [0.05, 0.1) is 0 Å². The van der Waals surface area contributed by atoms with Crippen molar-refractivity contribution < 1.29 is 10.1 Å². The van der Waals surface area contributed by atoms with E-state index in [0.29, 0.717) is 6.32 Å². The van der Waals surface area contributed by atoms with Crippen LogP contribution < -0.4 is 0 Å². The zero-order valence-corrected chi connectivity index (χ0v) is 4.17. The summed E-state index contributed by atoms with van der Waals surface area (Å²) in [6, 6.07) is 0. The Morgan fingerprint density at radius 3 is 2.43 bits per heavy atom. The lowest BCUT2D eigenvalue weighted by atomic mass is 9.67. The summed E-state index contributed by atoms with van der Waals surface area (Å²) in [7, 11) is 0. The predicted molar refractivity (Wildman–Crippen MR) is 28.2 cm³/mol. The molecule has 0 amide bonds. The van der Waals surface area contributed by atoms with Crippen LogP contribution in [0.5, 0.6) is 0 Å². The van der Waals surface area contributed by atoms with E-state index in [0.717, 1.165) is 12.7 Å². The third kappa shape index (κ3) is 1.18. The fourth-order valence-electron chi connectivity index (χ4n) is 0.935. The van der Waals surface area contributed by atoms with Gasteiger partial charge >= 0.3 is 0 Å². The zero-order valence-electron chi connectivity index (χ0n) is 4.17. The molecular weight excluding hydrogens is 90.9 g/mol. The van der Waals surface area contributed by atoms with E-state index in [2.05, 4.69) is 0 Å². The van der Waals surface area contributed by atoms with Crippen LogP contribution in [0, 0.1) is 0 Å². The maximum Gasteiger partial charge on any atom is 0.291 e. The van der Waals surface area contributed by atoms with Crippen molar-refractivity contribution in [1.82, 2.24) is 0 Å². The second-order valence-corrected chi connectivity index (χ2v) is 2.12. The molecule has 1 saturated heterocycles. The molecule has 1 aliphatic heterocycles. The molecule has 3 heteroatoms. The Labute approximate surface area is 43.3 Å². The molecule has 1 heterocycles. The number of aliphatic hydroxyl groups excluding tert-OH is 1. The van der Waals surface area contributed by atoms with Crippen LogP contribution >= 0.6 is 0 Å². The molecule has 1 aliphatic rings. The van der Waals surface area contributed by atoms with Gasteiger partial charge in [0.2, 0.25) is 0 Å². The number of hydrogen-bond donors (Lipinski definition) is 2. The maximum absolute atomic E-state index is 8.74. The summed E-state index contributed by atoms with van der Waals surface area (Å²) in [6.07, 6.45) is 1.91. The van der Waals surface area contributed by atoms with E-state index in [1.54, 1.807) is 0 Å². The number of hydrogen-bond acceptors (Lipinski definition) is 2. The molecule has 1 unspecified atom stereocenters. The molecule has 0 radical (unpaired) electrons. The highest BCUT2D eigenvalue weighted by Gasteiger charge is 2.23. The van der Waals surface area contributed by atoms with Crippen molar-refractivity contribution in [3.8, 4) is 0 Å². The first-order valence-electron chi connectivity index (χ1n) is 2.65. The summed E-state index contributed by atoms with van der Waals surface area (Å²) in [5, 5.41) is 17.5. The summed E-state index contributed by atoms with van der Waals surface area (Å²) < 4.78 is 0. The molecule has 0 bridgehead atoms. The van der Waals surface area contributed by atoms with Crippen LogP contribution in [0.3, 0.4) is 0 Å². The van der Waals surface area contributed by atoms with E-state index in [1.807, 2.05) is 0 Å². The summed E-state index contributed by atoms with van der Waals surface area (Å²) in [4.78, 5) is 0. The minimum Gasteiger partial charge on any atom is -0.450 e. The van der Waals surface area contributed by atoms with Crippen LogP contribution in [0.4, 0.5) is 0 Å². The normalized spacial score (nSPS) is 31.7. The van der Waals surface area contributed by atoms with Crippen LogP contribution in [-0.2, 0) is 0 Å². The maximum atomic E-state index is 8.74. The van der Waals surface area contributed by atoms with Gasteiger partial charge in [-0.2, -0.15) is 0 Å². The van der Waals surface area contributed by atoms with Gasteiger partial charge in [0.1, 0.15) is 0 Å². The van der Waals surface area contributed by atoms with Gasteiger partial charge in [-0.15, -0.1) is 0 Å². The Morgan fingerprint density at radius 1 is 1.57 bits per heavy atom. The van der Waals surface area contributed by atoms with E-state index < -0.39 is 0 Å². The first-order valence-corrected chi connectivity index (χ1v) is 2.65. The molecule has 0 spiro atoms. The second kappa shape index (κ2) is 1.84. The Kier molecular flexibility index (Phi) is 1.35. The van der Waals surface area contributed by atoms with Gasteiger partial charge in [-0.05, 0) is 19.1 Å². The molecule has 2 N–H and O–H groups in total. The molecule has 2 nitrogen and oxygen atoms in total. The van der Waals surface area contributed by atoms with Gasteiger partial charge in [-0.25, -0.2) is 0 Å². The molecular formula is C4H9BO2. The predicted octanol–water partition coefficient (Wildman–Crippen LogP) is -0.265. The van der Waals surface area contributed by atoms with E-state index in [4.69, 9.17) is 10.1 Å². The molecule has 0 aromatic carbocycles. The Balaban J connectivity index is 2.26. The minimum atomic E-state index is -0.227. The molecule has 40 valence electrons. The van der Waals surface area contributed by atoms with Gasteiger partial charge in [-0.3, -0.25) is 0 Å². The van der Waals surface area contributed by atoms with E-state index in [-0.39, 0.29) is 13.0 Å². The molecule has 0 saturated carbocycles. The molecule has 0 aliphatic carbocycles. The van der Waals surface area contributed by atoms with Crippen molar-refractivity contribution in [3.63, 3.8) is 0 Å². The van der Waals surface area contributed by atoms with Gasteiger partial charge in [0.25, 0.3) is 6.92 Å². The Hall–Kier alpha value is -0.0151. The molecule has 0 aromatic heterocycles. The lowest BCUT2D eigenvalue weighted by molar-refractivity contribution is 0.198. The van der Waals surface area contributed by atoms with Crippen molar-refractivity contribution in [3.05, 3.63) is 0 Å². The van der Waals surface area contributed by atoms with E-state index in [9.17, 15) is 0 Å². The van der Waals surface area contributed by atoms with Crippen molar-refractivity contribution in [2.75, 3.05) is 0 Å². The molecule has 1 atom stereocenters. The number of rotatable bonds is 0. The Bertz CT molecular complexity index is 58.7. The molecule has 7 heavy (non-hydrogen) atoms. The highest BCUT2D eigenvalue weighted by molar-refractivity contribution is 6.51. The molecule has 0 aromatic rings. The second-order valence-electron chi connectivity index (χ2n) is 2.12. The van der Waals surface area contributed by atoms with Gasteiger partial charge < -0.3 is 10.1 Å². The van der Waals surface area contributed by atoms with Gasteiger partial charge in [-0.1, -0.05) is 0 Å². The van der Waals surface area contributed by atoms with Crippen LogP contribution in [0.15, 0.2) is 0 Å². The standard InChI is InChI=1S/C4H9BO2/c6-4-1-2-5(7)3-4/h4,6-7H,1-3H2. The summed E-state index contributed by atoms with van der Waals surface area (Å²) in [5.74, 6) is 0. The fourth-order valence-corrected chi connectivity index (χ4v) is 0.935. The third-order valence-corrected chi connectivity index (χ3v) is 1.38. The summed E-state index contributed by atoms with van der Waals surface area (Å²) in [6.45, 7) is -0.227. The van der Waals surface area contributed by atoms with E-state index in [1.165, 1.54) is 0 Å². The largest absolute Gasteiger partial charge is 0.450 e. The molecule has 1 rings (SSSR count). The monoisotopic (exact) mass is 100 g/mol. The van der Waals surface area contributed by atoms with Crippen molar-refractivity contribution in [2.45, 2.75) is 25.2 Å². The van der Waals surface area contributed by atoms with Crippen LogP contribution in [0.25, 0.3) is 0 Å². The summed E-state index contributed by atoms with van der Waals surface area (Å²) >= 11 is 0. The minimum absolute atomic E-state index is 0.227. The van der Waals surface area contributed by atoms with Crippen LogP contribution in [-0.4, -0.2) is 23.2 Å². The van der Waals surface area contributed by atoms with Crippen molar-refractivity contribution in [2.24, 2.45) is 0 Å². The lowest BCUT2D eigenvalue weighted by Gasteiger charge is -1.93. The quantitative estimate of drug-likeness (QED) is 0.411. The fraction of sp³-hybridized carbons (Fsp3) is 1.00. The number of aliphatic hydroxyl groups is 1. The zero-order chi connectivity index (χ0) is 5.28. The van der Waals surface area contributed by atoms with E-state index >= 15 is 0 Å². The van der Waals surface area contributed by atoms with Crippen LogP contribution in [0.2, 0.25) is 12.6 Å². The topological polar surface area (TPSA) is 40.5 Å². The lowest BCUT2D eigenvalue weighted by Crippen LogP contribution is -2.06. The van der Waals surface area contributed by atoms with Gasteiger partial charge in [0.15, 0.2) is 0 Å². The van der Waals surface area contributed by atoms with Crippen molar-refractivity contribution in [1.29, 1.82) is 0 Å². The summed E-state index contributed by atoms with van der Waals surface area (Å²) in [5.41, 5.74) is 0. The van der Waals surface area contributed by atoms with Crippen LogP contribution in [0.1, 0.15) is 6.42 Å². The first-order chi connectivity index (χ1) is 3.29. The highest BCUT2D eigenvalue weighted by Crippen LogP contribution is 2.17. The average Bonchev–Trinajstić information content (AvgIpc) is 1.87. The Morgan fingerprint density at radius 2 is 2.29 bits per heavy atom.